The summed E-state index contributed by atoms with van der Waals surface area (Å²) in [6.45, 7) is 9.28. The molecule has 1 fully saturated rings. The van der Waals surface area contributed by atoms with Crippen LogP contribution < -0.4 is 10.2 Å². The number of nitrogens with zero attached hydrogens (tertiary/aromatic N) is 2. The molecule has 0 aromatic heterocycles. The molecule has 1 atom stereocenters. The van der Waals surface area contributed by atoms with Gasteiger partial charge in [0.05, 0.1) is 0 Å². The van der Waals surface area contributed by atoms with Crippen molar-refractivity contribution < 1.29 is 14.3 Å². The molecule has 39 heavy (non-hydrogen) atoms. The molecular formula is C33H49N3O3. The predicted octanol–water partition coefficient (Wildman–Crippen LogP) is 7.07. The highest BCUT2D eigenvalue weighted by Gasteiger charge is 2.29. The first kappa shape index (κ1) is 30.7. The Morgan fingerprint density at radius 1 is 0.974 bits per heavy atom. The van der Waals surface area contributed by atoms with Crippen molar-refractivity contribution in [3.05, 3.63) is 54.1 Å². The van der Waals surface area contributed by atoms with Crippen molar-refractivity contribution in [3.63, 3.8) is 0 Å². The largest absolute Gasteiger partial charge is 0.368 e. The van der Waals surface area contributed by atoms with E-state index in [1.54, 1.807) is 4.90 Å². The number of ether oxygens (including phenoxy) is 1. The molecule has 1 saturated heterocycles. The predicted molar refractivity (Wildman–Crippen MR) is 161 cm³/mol. The Hall–Kier alpha value is -2.86. The number of unbranched alkanes of at least 4 members (excludes halogenated alkanes) is 4. The molecule has 1 aliphatic heterocycles. The molecule has 0 radical (unpaired) electrons. The normalized spacial score (nSPS) is 14.7. The summed E-state index contributed by atoms with van der Waals surface area (Å²) in [5.41, 5.74) is 3.88. The van der Waals surface area contributed by atoms with Crippen LogP contribution in [0.3, 0.4) is 0 Å². The van der Waals surface area contributed by atoms with Gasteiger partial charge in [-0.2, -0.15) is 0 Å². The van der Waals surface area contributed by atoms with Crippen molar-refractivity contribution in [2.24, 2.45) is 5.92 Å². The molecule has 3 rings (SSSR count). The Bertz CT molecular complexity index is 1020. The summed E-state index contributed by atoms with van der Waals surface area (Å²) in [5, 5.41) is 3.09. The number of amides is 3. The van der Waals surface area contributed by atoms with E-state index in [0.717, 1.165) is 67.6 Å². The van der Waals surface area contributed by atoms with E-state index in [1.165, 1.54) is 19.3 Å². The van der Waals surface area contributed by atoms with Crippen LogP contribution in [0.2, 0.25) is 0 Å². The third kappa shape index (κ3) is 9.38. The van der Waals surface area contributed by atoms with E-state index >= 15 is 0 Å². The van der Waals surface area contributed by atoms with Crippen molar-refractivity contribution in [1.82, 2.24) is 10.2 Å². The maximum atomic E-state index is 13.6. The molecule has 214 valence electrons. The molecule has 6 heteroatoms. The van der Waals surface area contributed by atoms with Crippen molar-refractivity contribution >= 4 is 17.6 Å². The lowest BCUT2D eigenvalue weighted by Crippen LogP contribution is -2.45. The Morgan fingerprint density at radius 2 is 1.69 bits per heavy atom. The summed E-state index contributed by atoms with van der Waals surface area (Å²) in [7, 11) is 1.82. The van der Waals surface area contributed by atoms with Crippen LogP contribution in [0.1, 0.15) is 77.7 Å². The summed E-state index contributed by atoms with van der Waals surface area (Å²) in [6.07, 6.45) is 8.54. The summed E-state index contributed by atoms with van der Waals surface area (Å²) < 4.78 is 6.15. The first-order valence-electron chi connectivity index (χ1n) is 15.0. The zero-order valence-electron chi connectivity index (χ0n) is 24.6. The van der Waals surface area contributed by atoms with Crippen LogP contribution in [-0.4, -0.2) is 56.2 Å². The zero-order valence-corrected chi connectivity index (χ0v) is 24.6. The Kier molecular flexibility index (Phi) is 12.8. The van der Waals surface area contributed by atoms with Gasteiger partial charge in [0.15, 0.2) is 0 Å². The van der Waals surface area contributed by atoms with Crippen LogP contribution in [0.15, 0.2) is 48.5 Å². The fourth-order valence-corrected chi connectivity index (χ4v) is 5.12. The molecule has 1 N–H and O–H groups in total. The minimum atomic E-state index is -0.560. The maximum absolute atomic E-state index is 13.6. The second kappa shape index (κ2) is 16.3. The standard InChI is InChI=1S/C33H49N3O3/c1-5-7-8-9-13-20-34-33(38)35(4)30-24-28(27-14-11-10-12-15-27)16-17-29(30)25-31(39-23-6-2)32(37)36-21-18-26(3)19-22-36/h10-12,14-17,24,26,31H,5-9,13,18-23,25H2,1-4H3,(H,34,38). The Balaban J connectivity index is 1.82. The summed E-state index contributed by atoms with van der Waals surface area (Å²) in [5.74, 6) is 0.715. The lowest BCUT2D eigenvalue weighted by molar-refractivity contribution is -0.145. The average molecular weight is 536 g/mol. The fourth-order valence-electron chi connectivity index (χ4n) is 5.12. The van der Waals surface area contributed by atoms with E-state index in [-0.39, 0.29) is 11.9 Å². The molecule has 6 nitrogen and oxygen atoms in total. The Labute approximate surface area is 236 Å². The van der Waals surface area contributed by atoms with Crippen molar-refractivity contribution in [1.29, 1.82) is 0 Å². The van der Waals surface area contributed by atoms with E-state index in [2.05, 4.69) is 56.4 Å². The summed E-state index contributed by atoms with van der Waals surface area (Å²) >= 11 is 0. The first-order chi connectivity index (χ1) is 18.9. The number of piperidine rings is 1. The molecule has 0 aliphatic carbocycles. The fraction of sp³-hybridized carbons (Fsp3) is 0.576. The molecule has 0 spiro atoms. The molecule has 1 aliphatic rings. The van der Waals surface area contributed by atoms with Gasteiger partial charge in [-0.25, -0.2) is 4.79 Å². The van der Waals surface area contributed by atoms with Gasteiger partial charge in [-0.1, -0.05) is 88.9 Å². The third-order valence-electron chi connectivity index (χ3n) is 7.71. The number of anilines is 1. The number of rotatable bonds is 14. The van der Waals surface area contributed by atoms with Gasteiger partial charge in [0.2, 0.25) is 0 Å². The summed E-state index contributed by atoms with van der Waals surface area (Å²) in [6, 6.07) is 16.3. The number of hydrogen-bond donors (Lipinski definition) is 1. The number of nitrogens with one attached hydrogen (secondary N) is 1. The van der Waals surface area contributed by atoms with Gasteiger partial charge in [-0.15, -0.1) is 0 Å². The van der Waals surface area contributed by atoms with Crippen molar-refractivity contribution in [3.8, 4) is 11.1 Å². The quantitative estimate of drug-likeness (QED) is 0.263. The highest BCUT2D eigenvalue weighted by atomic mass is 16.5. The number of urea groups is 1. The van der Waals surface area contributed by atoms with E-state index in [4.69, 9.17) is 4.74 Å². The number of benzene rings is 2. The monoisotopic (exact) mass is 535 g/mol. The zero-order chi connectivity index (χ0) is 28.0. The van der Waals surface area contributed by atoms with E-state index in [0.29, 0.717) is 25.5 Å². The average Bonchev–Trinajstić information content (AvgIpc) is 2.97. The van der Waals surface area contributed by atoms with Crippen LogP contribution >= 0.6 is 0 Å². The molecule has 0 bridgehead atoms. The number of carbonyl (C=O) groups excluding carboxylic acids is 2. The van der Waals surface area contributed by atoms with Gasteiger partial charge in [0, 0.05) is 45.4 Å². The van der Waals surface area contributed by atoms with Crippen molar-refractivity contribution in [2.45, 2.75) is 84.7 Å². The third-order valence-corrected chi connectivity index (χ3v) is 7.71. The molecular weight excluding hydrogens is 486 g/mol. The van der Waals surface area contributed by atoms with Gasteiger partial charge < -0.3 is 15.0 Å². The van der Waals surface area contributed by atoms with Crippen LogP contribution in [0.5, 0.6) is 0 Å². The molecule has 0 saturated carbocycles. The van der Waals surface area contributed by atoms with E-state index in [9.17, 15) is 9.59 Å². The highest BCUT2D eigenvalue weighted by Crippen LogP contribution is 2.30. The molecule has 1 unspecified atom stereocenters. The molecule has 2 aromatic carbocycles. The van der Waals surface area contributed by atoms with Crippen molar-refractivity contribution in [2.75, 3.05) is 38.2 Å². The van der Waals surface area contributed by atoms with Gasteiger partial charge >= 0.3 is 6.03 Å². The van der Waals surface area contributed by atoms with E-state index in [1.807, 2.05) is 30.1 Å². The van der Waals surface area contributed by atoms with Crippen LogP contribution in [-0.2, 0) is 16.0 Å². The van der Waals surface area contributed by atoms with Gasteiger partial charge in [-0.3, -0.25) is 9.69 Å². The minimum Gasteiger partial charge on any atom is -0.368 e. The minimum absolute atomic E-state index is 0.0626. The van der Waals surface area contributed by atoms with Crippen LogP contribution in [0.25, 0.3) is 11.1 Å². The van der Waals surface area contributed by atoms with Crippen LogP contribution in [0.4, 0.5) is 10.5 Å². The molecule has 3 amide bonds. The second-order valence-corrected chi connectivity index (χ2v) is 11.0. The van der Waals surface area contributed by atoms with Crippen LogP contribution in [0, 0.1) is 5.92 Å². The first-order valence-corrected chi connectivity index (χ1v) is 15.0. The van der Waals surface area contributed by atoms with Gasteiger partial charge in [0.25, 0.3) is 5.91 Å². The molecule has 2 aromatic rings. The summed E-state index contributed by atoms with van der Waals surface area (Å²) in [4.78, 5) is 30.4. The lowest BCUT2D eigenvalue weighted by Gasteiger charge is -2.33. The van der Waals surface area contributed by atoms with E-state index < -0.39 is 6.10 Å². The van der Waals surface area contributed by atoms with Gasteiger partial charge in [-0.05, 0) is 54.4 Å². The number of likely N-dealkylation sites (tertiary alicyclic amines) is 1. The second-order valence-electron chi connectivity index (χ2n) is 11.0. The topological polar surface area (TPSA) is 61.9 Å². The SMILES string of the molecule is CCCCCCCNC(=O)N(C)c1cc(-c2ccccc2)ccc1CC(OCCC)C(=O)N1CCC(C)CC1. The van der Waals surface area contributed by atoms with Gasteiger partial charge in [0.1, 0.15) is 6.10 Å². The highest BCUT2D eigenvalue weighted by molar-refractivity contribution is 5.93. The molecule has 1 heterocycles. The smallest absolute Gasteiger partial charge is 0.321 e. The number of carbonyl (C=O) groups is 2. The Morgan fingerprint density at radius 3 is 2.38 bits per heavy atom. The number of hydrogen-bond acceptors (Lipinski definition) is 3. The lowest BCUT2D eigenvalue weighted by atomic mass is 9.96. The maximum Gasteiger partial charge on any atom is 0.321 e.